The Morgan fingerprint density at radius 2 is 1.30 bits per heavy atom. The first-order valence-corrected chi connectivity index (χ1v) is 21.3. The largest absolute Gasteiger partial charge is 0.350 e. The molecule has 0 amide bonds. The van der Waals surface area contributed by atoms with Gasteiger partial charge in [-0.15, -0.1) is 22.7 Å². The van der Waals surface area contributed by atoms with Crippen molar-refractivity contribution in [2.45, 2.75) is 25.2 Å². The molecule has 0 bridgehead atoms. The van der Waals surface area contributed by atoms with Crippen LogP contribution in [-0.4, -0.2) is 16.6 Å². The number of benzene rings is 7. The van der Waals surface area contributed by atoms with Gasteiger partial charge in [-0.1, -0.05) is 140 Å². The average molecular weight is 769 g/mol. The highest BCUT2D eigenvalue weighted by molar-refractivity contribution is 7.27. The molecule has 3 aromatic heterocycles. The number of amidine groups is 1. The lowest BCUT2D eigenvalue weighted by atomic mass is 9.97. The number of rotatable bonds is 5. The summed E-state index contributed by atoms with van der Waals surface area (Å²) in [4.78, 5) is 5.16. The van der Waals surface area contributed by atoms with Crippen LogP contribution >= 0.6 is 22.7 Å². The second kappa shape index (κ2) is 13.1. The quantitative estimate of drug-likeness (QED) is 0.183. The van der Waals surface area contributed by atoms with E-state index >= 15 is 0 Å². The van der Waals surface area contributed by atoms with E-state index in [1.807, 2.05) is 22.7 Å². The molecule has 6 heteroatoms. The van der Waals surface area contributed by atoms with Crippen LogP contribution in [-0.2, 0) is 0 Å². The maximum Gasteiger partial charge on any atom is 0.131 e. The van der Waals surface area contributed by atoms with Gasteiger partial charge in [0.1, 0.15) is 18.2 Å². The Hall–Kier alpha value is -6.31. The Balaban J connectivity index is 0.987. The van der Waals surface area contributed by atoms with E-state index < -0.39 is 0 Å². The van der Waals surface area contributed by atoms with E-state index in [9.17, 15) is 0 Å². The normalized spacial score (nSPS) is 17.2. The van der Waals surface area contributed by atoms with Crippen molar-refractivity contribution < 1.29 is 0 Å². The first kappa shape index (κ1) is 32.9. The molecule has 1 aliphatic carbocycles. The van der Waals surface area contributed by atoms with Gasteiger partial charge in [0.2, 0.25) is 0 Å². The number of allylic oxidation sites excluding steroid dienone is 2. The highest BCUT2D eigenvalue weighted by Gasteiger charge is 2.27. The molecule has 0 fully saturated rings. The molecule has 4 heterocycles. The maximum atomic E-state index is 5.16. The van der Waals surface area contributed by atoms with Gasteiger partial charge in [-0.25, -0.2) is 4.99 Å². The van der Waals surface area contributed by atoms with Crippen LogP contribution in [0.1, 0.15) is 30.1 Å². The van der Waals surface area contributed by atoms with Gasteiger partial charge in [-0.2, -0.15) is 0 Å². The summed E-state index contributed by atoms with van der Waals surface area (Å²) < 4.78 is 7.68. The van der Waals surface area contributed by atoms with Crippen LogP contribution in [0.2, 0.25) is 0 Å². The molecular weight excluding hydrogens is 733 g/mol. The minimum atomic E-state index is -0.120. The predicted molar refractivity (Wildman–Crippen MR) is 244 cm³/mol. The van der Waals surface area contributed by atoms with Crippen molar-refractivity contribution in [1.29, 1.82) is 0 Å². The van der Waals surface area contributed by atoms with Crippen molar-refractivity contribution in [2.24, 2.45) is 4.99 Å². The van der Waals surface area contributed by atoms with E-state index in [0.717, 1.165) is 24.2 Å². The first-order chi connectivity index (χ1) is 28.3. The van der Waals surface area contributed by atoms with Crippen LogP contribution in [0, 0.1) is 0 Å². The lowest BCUT2D eigenvalue weighted by molar-refractivity contribution is 0.434. The van der Waals surface area contributed by atoms with Gasteiger partial charge in [0.25, 0.3) is 0 Å². The van der Waals surface area contributed by atoms with Gasteiger partial charge >= 0.3 is 0 Å². The molecule has 2 atom stereocenters. The minimum absolute atomic E-state index is 0.0935. The number of hydrogen-bond acceptors (Lipinski definition) is 5. The molecule has 2 unspecified atom stereocenters. The molecule has 2 aliphatic rings. The van der Waals surface area contributed by atoms with E-state index in [1.165, 1.54) is 90.1 Å². The number of fused-ring (bicyclic) bond motifs is 9. The van der Waals surface area contributed by atoms with Crippen molar-refractivity contribution >= 4 is 90.7 Å². The van der Waals surface area contributed by atoms with Crippen LogP contribution in [0.4, 0.5) is 0 Å². The van der Waals surface area contributed by atoms with E-state index in [0.29, 0.717) is 0 Å². The van der Waals surface area contributed by atoms with Gasteiger partial charge in [0, 0.05) is 57.5 Å². The first-order valence-electron chi connectivity index (χ1n) is 19.7. The van der Waals surface area contributed by atoms with E-state index in [4.69, 9.17) is 4.99 Å². The molecular formula is C51H36N4S2. The highest BCUT2D eigenvalue weighted by Crippen LogP contribution is 2.47. The fourth-order valence-corrected chi connectivity index (χ4v) is 11.6. The SMILES string of the molecule is C1=CC(C2N=C(c3ccccc3)NC(c3ccc4c(c3)sc3cccc(-c5cccc6c5sc5c(-n7c8ccccc8c8ccccc87)cccc56)c34)N2)=CCC1. The lowest BCUT2D eigenvalue weighted by Crippen LogP contribution is -2.49. The fraction of sp³-hybridized carbons (Fsp3) is 0.0784. The van der Waals surface area contributed by atoms with Crippen LogP contribution in [0.25, 0.3) is 79.0 Å². The molecule has 1 aliphatic heterocycles. The maximum absolute atomic E-state index is 5.16. The molecule has 57 heavy (non-hydrogen) atoms. The summed E-state index contributed by atoms with van der Waals surface area (Å²) >= 11 is 3.80. The van der Waals surface area contributed by atoms with Crippen molar-refractivity contribution in [2.75, 3.05) is 0 Å². The van der Waals surface area contributed by atoms with Crippen LogP contribution in [0.5, 0.6) is 0 Å². The molecule has 0 saturated heterocycles. The van der Waals surface area contributed by atoms with Crippen molar-refractivity contribution in [1.82, 2.24) is 15.2 Å². The van der Waals surface area contributed by atoms with Crippen molar-refractivity contribution in [3.05, 3.63) is 187 Å². The summed E-state index contributed by atoms with van der Waals surface area (Å²) in [5.74, 6) is 0.917. The number of nitrogens with zero attached hydrogens (tertiary/aromatic N) is 2. The molecule has 0 radical (unpaired) electrons. The van der Waals surface area contributed by atoms with Gasteiger partial charge in [0.15, 0.2) is 0 Å². The minimum Gasteiger partial charge on any atom is -0.350 e. The molecule has 2 N–H and O–H groups in total. The smallest absolute Gasteiger partial charge is 0.131 e. The zero-order chi connectivity index (χ0) is 37.5. The number of thiophene rings is 2. The summed E-state index contributed by atoms with van der Waals surface area (Å²) in [5, 5.41) is 15.4. The fourth-order valence-electron chi connectivity index (χ4n) is 9.10. The number of para-hydroxylation sites is 2. The summed E-state index contributed by atoms with van der Waals surface area (Å²) in [6, 6.07) is 55.6. The average Bonchev–Trinajstić information content (AvgIpc) is 3.96. The van der Waals surface area contributed by atoms with Gasteiger partial charge in [0.05, 0.1) is 21.4 Å². The summed E-state index contributed by atoms with van der Waals surface area (Å²) in [6.07, 6.45) is 8.73. The number of hydrogen-bond donors (Lipinski definition) is 2. The zero-order valence-corrected chi connectivity index (χ0v) is 32.6. The van der Waals surface area contributed by atoms with Crippen molar-refractivity contribution in [3.8, 4) is 16.8 Å². The standard InChI is InChI=1S/C51H36N4S2/c1-3-14-31(15-4-1)49-52-50(32-16-5-2-6-17-32)54-51(53-49)33-28-29-40-45(30-33)56-44-27-13-20-36(46(40)44)37-21-11-22-38-39-23-12-26-43(48(39)57-47(37)38)55-41-24-9-7-18-34(41)35-19-8-10-25-42(35)55/h1,3-5,7-30,50-51,54H,2,6H2,(H,52,53). The Kier molecular flexibility index (Phi) is 7.58. The highest BCUT2D eigenvalue weighted by atomic mass is 32.1. The van der Waals surface area contributed by atoms with Crippen LogP contribution in [0.15, 0.2) is 180 Å². The lowest BCUT2D eigenvalue weighted by Gasteiger charge is -2.33. The van der Waals surface area contributed by atoms with Gasteiger partial charge in [-0.05, 0) is 59.9 Å². The second-order valence-corrected chi connectivity index (χ2v) is 17.1. The Morgan fingerprint density at radius 1 is 0.579 bits per heavy atom. The number of aromatic nitrogens is 1. The topological polar surface area (TPSA) is 41.4 Å². The van der Waals surface area contributed by atoms with Crippen LogP contribution in [0.3, 0.4) is 0 Å². The number of aliphatic imine (C=N–C) groups is 1. The third-order valence-electron chi connectivity index (χ3n) is 11.7. The monoisotopic (exact) mass is 768 g/mol. The molecule has 7 aromatic carbocycles. The zero-order valence-electron chi connectivity index (χ0n) is 30.9. The molecule has 0 spiro atoms. The molecule has 0 saturated carbocycles. The molecule has 12 rings (SSSR count). The summed E-state index contributed by atoms with van der Waals surface area (Å²) in [5.41, 5.74) is 9.79. The molecule has 272 valence electrons. The van der Waals surface area contributed by atoms with E-state index in [1.54, 1.807) is 0 Å². The number of nitrogens with one attached hydrogen (secondary N) is 2. The molecule has 10 aromatic rings. The van der Waals surface area contributed by atoms with Crippen molar-refractivity contribution in [3.63, 3.8) is 0 Å². The third-order valence-corrected chi connectivity index (χ3v) is 14.1. The summed E-state index contributed by atoms with van der Waals surface area (Å²) in [7, 11) is 0. The van der Waals surface area contributed by atoms with E-state index in [-0.39, 0.29) is 12.3 Å². The molecule has 4 nitrogen and oxygen atoms in total. The summed E-state index contributed by atoms with van der Waals surface area (Å²) in [6.45, 7) is 0. The predicted octanol–water partition coefficient (Wildman–Crippen LogP) is 13.4. The van der Waals surface area contributed by atoms with E-state index in [2.05, 4.69) is 185 Å². The Labute approximate surface area is 337 Å². The van der Waals surface area contributed by atoms with Gasteiger partial charge in [-0.3, -0.25) is 5.32 Å². The second-order valence-electron chi connectivity index (χ2n) is 15.0. The Morgan fingerprint density at radius 3 is 2.11 bits per heavy atom. The Bertz CT molecular complexity index is 3270. The van der Waals surface area contributed by atoms with Crippen LogP contribution < -0.4 is 10.6 Å². The third kappa shape index (κ3) is 5.25. The van der Waals surface area contributed by atoms with Gasteiger partial charge < -0.3 is 9.88 Å².